The Bertz CT molecular complexity index is 608. The highest BCUT2D eigenvalue weighted by atomic mass is 16.4. The van der Waals surface area contributed by atoms with E-state index in [4.69, 9.17) is 10.8 Å². The Kier molecular flexibility index (Phi) is 5.65. The third kappa shape index (κ3) is 5.47. The van der Waals surface area contributed by atoms with Crippen LogP contribution in [0.1, 0.15) is 18.4 Å². The van der Waals surface area contributed by atoms with Crippen LogP contribution >= 0.6 is 0 Å². The summed E-state index contributed by atoms with van der Waals surface area (Å²) in [6, 6.07) is 1.69. The Morgan fingerprint density at radius 2 is 2.05 bits per heavy atom. The smallest absolute Gasteiger partial charge is 0.326 e. The van der Waals surface area contributed by atoms with Crippen molar-refractivity contribution in [1.29, 1.82) is 0 Å². The molecule has 1 heterocycles. The van der Waals surface area contributed by atoms with Crippen LogP contribution in [0.4, 0.5) is 0 Å². The molecule has 0 aliphatic carbocycles. The molecule has 0 saturated heterocycles. The molecule has 21 heavy (non-hydrogen) atoms. The molecule has 1 aromatic heterocycles. The lowest BCUT2D eigenvalue weighted by molar-refractivity contribution is -0.143. The van der Waals surface area contributed by atoms with E-state index in [0.29, 0.717) is 0 Å². The fraction of sp³-hybridized carbons (Fsp3) is 0.385. The van der Waals surface area contributed by atoms with Gasteiger partial charge in [-0.15, -0.1) is 0 Å². The van der Waals surface area contributed by atoms with E-state index < -0.39 is 30.2 Å². The van der Waals surface area contributed by atoms with Crippen LogP contribution in [-0.2, 0) is 20.9 Å². The summed E-state index contributed by atoms with van der Waals surface area (Å²) in [5, 5.41) is 11.1. The molecule has 1 unspecified atom stereocenters. The van der Waals surface area contributed by atoms with Gasteiger partial charge in [-0.25, -0.2) is 4.79 Å². The standard InChI is InChI=1S/C13H17N3O5/c1-8-2-3-12(19)16(7-8)5-4-11(18)15-9(13(20)21)6-10(14)17/h2-3,7,9H,4-6H2,1H3,(H2,14,17)(H,15,18)(H,20,21). The third-order valence-electron chi connectivity index (χ3n) is 2.75. The minimum absolute atomic E-state index is 0.0775. The lowest BCUT2D eigenvalue weighted by Crippen LogP contribution is -2.43. The number of carbonyl (C=O) groups is 3. The maximum Gasteiger partial charge on any atom is 0.326 e. The van der Waals surface area contributed by atoms with E-state index in [1.54, 1.807) is 12.3 Å². The quantitative estimate of drug-likeness (QED) is 0.593. The summed E-state index contributed by atoms with van der Waals surface area (Å²) < 4.78 is 1.36. The third-order valence-corrected chi connectivity index (χ3v) is 2.75. The van der Waals surface area contributed by atoms with Crippen LogP contribution in [-0.4, -0.2) is 33.5 Å². The second kappa shape index (κ2) is 7.22. The van der Waals surface area contributed by atoms with Crippen molar-refractivity contribution in [3.8, 4) is 0 Å². The number of carboxylic acid groups (broad SMARTS) is 1. The Morgan fingerprint density at radius 1 is 1.38 bits per heavy atom. The highest BCUT2D eigenvalue weighted by molar-refractivity contribution is 5.88. The van der Waals surface area contributed by atoms with Gasteiger partial charge in [-0.05, 0) is 12.5 Å². The van der Waals surface area contributed by atoms with Crippen molar-refractivity contribution in [2.75, 3.05) is 0 Å². The van der Waals surface area contributed by atoms with Crippen LogP contribution in [0.2, 0.25) is 0 Å². The van der Waals surface area contributed by atoms with Crippen LogP contribution in [0.5, 0.6) is 0 Å². The Morgan fingerprint density at radius 3 is 2.62 bits per heavy atom. The number of aromatic nitrogens is 1. The summed E-state index contributed by atoms with van der Waals surface area (Å²) >= 11 is 0. The molecule has 2 amide bonds. The van der Waals surface area contributed by atoms with Crippen LogP contribution in [0.3, 0.4) is 0 Å². The van der Waals surface area contributed by atoms with E-state index in [-0.39, 0.29) is 18.5 Å². The number of nitrogens with one attached hydrogen (secondary N) is 1. The summed E-state index contributed by atoms with van der Waals surface area (Å²) in [7, 11) is 0. The summed E-state index contributed by atoms with van der Waals surface area (Å²) in [4.78, 5) is 44.8. The average Bonchev–Trinajstić information content (AvgIpc) is 2.38. The summed E-state index contributed by atoms with van der Waals surface area (Å²) in [6.45, 7) is 1.93. The van der Waals surface area contributed by atoms with Gasteiger partial charge in [0.25, 0.3) is 5.56 Å². The molecule has 4 N–H and O–H groups in total. The van der Waals surface area contributed by atoms with Gasteiger partial charge >= 0.3 is 5.97 Å². The largest absolute Gasteiger partial charge is 0.480 e. The van der Waals surface area contributed by atoms with E-state index in [2.05, 4.69) is 5.32 Å². The SMILES string of the molecule is Cc1ccc(=O)n(CCC(=O)NC(CC(N)=O)C(=O)O)c1. The molecular weight excluding hydrogens is 278 g/mol. The molecule has 0 aromatic carbocycles. The number of carboxylic acids is 1. The molecule has 1 rings (SSSR count). The van der Waals surface area contributed by atoms with Crippen molar-refractivity contribution < 1.29 is 19.5 Å². The maximum atomic E-state index is 11.7. The van der Waals surface area contributed by atoms with Gasteiger partial charge in [-0.1, -0.05) is 6.07 Å². The van der Waals surface area contributed by atoms with Crippen molar-refractivity contribution in [2.24, 2.45) is 5.73 Å². The zero-order valence-electron chi connectivity index (χ0n) is 11.5. The van der Waals surface area contributed by atoms with Crippen LogP contribution in [0.15, 0.2) is 23.1 Å². The monoisotopic (exact) mass is 295 g/mol. The molecule has 0 fully saturated rings. The first-order valence-electron chi connectivity index (χ1n) is 6.27. The minimum atomic E-state index is -1.36. The Balaban J connectivity index is 2.60. The molecule has 114 valence electrons. The van der Waals surface area contributed by atoms with Gasteiger partial charge in [-0.3, -0.25) is 14.4 Å². The molecule has 0 bridgehead atoms. The number of hydrogen-bond acceptors (Lipinski definition) is 4. The fourth-order valence-corrected chi connectivity index (χ4v) is 1.72. The number of carbonyl (C=O) groups excluding carboxylic acids is 2. The van der Waals surface area contributed by atoms with Crippen molar-refractivity contribution in [3.63, 3.8) is 0 Å². The number of aliphatic carboxylic acids is 1. The highest BCUT2D eigenvalue weighted by Crippen LogP contribution is 1.97. The Hall–Kier alpha value is -2.64. The van der Waals surface area contributed by atoms with Crippen molar-refractivity contribution in [3.05, 3.63) is 34.2 Å². The lowest BCUT2D eigenvalue weighted by Gasteiger charge is -2.13. The van der Waals surface area contributed by atoms with E-state index in [1.165, 1.54) is 10.6 Å². The van der Waals surface area contributed by atoms with Gasteiger partial charge in [0, 0.05) is 25.2 Å². The first kappa shape index (κ1) is 16.4. The van der Waals surface area contributed by atoms with E-state index in [0.717, 1.165) is 5.56 Å². The van der Waals surface area contributed by atoms with Crippen LogP contribution < -0.4 is 16.6 Å². The van der Waals surface area contributed by atoms with Gasteiger partial charge in [0.15, 0.2) is 0 Å². The second-order valence-electron chi connectivity index (χ2n) is 4.62. The summed E-state index contributed by atoms with van der Waals surface area (Å²) in [5.41, 5.74) is 5.53. The van der Waals surface area contributed by atoms with E-state index in [9.17, 15) is 19.2 Å². The predicted molar refractivity (Wildman–Crippen MR) is 73.4 cm³/mol. The molecule has 0 aliphatic heterocycles. The van der Waals surface area contributed by atoms with Crippen LogP contribution in [0, 0.1) is 6.92 Å². The van der Waals surface area contributed by atoms with Gasteiger partial charge in [0.1, 0.15) is 6.04 Å². The topological polar surface area (TPSA) is 131 Å². The average molecular weight is 295 g/mol. The summed E-state index contributed by atoms with van der Waals surface area (Å²) in [6.07, 6.45) is 1.05. The highest BCUT2D eigenvalue weighted by Gasteiger charge is 2.21. The predicted octanol–water partition coefficient (Wildman–Crippen LogP) is -1.01. The Labute approximate surface area is 120 Å². The number of rotatable bonds is 7. The number of nitrogens with two attached hydrogens (primary N) is 1. The van der Waals surface area contributed by atoms with E-state index in [1.807, 2.05) is 6.92 Å². The second-order valence-corrected chi connectivity index (χ2v) is 4.62. The van der Waals surface area contributed by atoms with Crippen LogP contribution in [0.25, 0.3) is 0 Å². The molecule has 0 radical (unpaired) electrons. The van der Waals surface area contributed by atoms with Gasteiger partial charge in [-0.2, -0.15) is 0 Å². The molecule has 1 aromatic rings. The molecule has 0 saturated carbocycles. The molecule has 8 heteroatoms. The van der Waals surface area contributed by atoms with Gasteiger partial charge in [0.2, 0.25) is 11.8 Å². The first-order valence-corrected chi connectivity index (χ1v) is 6.27. The number of primary amides is 1. The normalized spacial score (nSPS) is 11.7. The maximum absolute atomic E-state index is 11.7. The molecule has 1 atom stereocenters. The minimum Gasteiger partial charge on any atom is -0.480 e. The summed E-state index contributed by atoms with van der Waals surface area (Å²) in [5.74, 6) is -2.73. The lowest BCUT2D eigenvalue weighted by atomic mass is 10.2. The van der Waals surface area contributed by atoms with Gasteiger partial charge in [0.05, 0.1) is 6.42 Å². The fourth-order valence-electron chi connectivity index (χ4n) is 1.72. The van der Waals surface area contributed by atoms with Crippen molar-refractivity contribution >= 4 is 17.8 Å². The number of amides is 2. The first-order chi connectivity index (χ1) is 9.79. The van der Waals surface area contributed by atoms with E-state index >= 15 is 0 Å². The number of nitrogens with zero attached hydrogens (tertiary/aromatic N) is 1. The zero-order chi connectivity index (χ0) is 16.0. The van der Waals surface area contributed by atoms with Gasteiger partial charge < -0.3 is 20.7 Å². The molecule has 8 nitrogen and oxygen atoms in total. The number of hydrogen-bond donors (Lipinski definition) is 3. The molecule has 0 aliphatic rings. The molecular formula is C13H17N3O5. The van der Waals surface area contributed by atoms with Crippen molar-refractivity contribution in [1.82, 2.24) is 9.88 Å². The number of aryl methyl sites for hydroxylation is 2. The molecule has 0 spiro atoms. The van der Waals surface area contributed by atoms with Crippen molar-refractivity contribution in [2.45, 2.75) is 32.4 Å². The number of pyridine rings is 1. The zero-order valence-corrected chi connectivity index (χ0v) is 11.5.